The lowest BCUT2D eigenvalue weighted by Gasteiger charge is -2.19. The molecule has 2 rings (SSSR count). The first kappa shape index (κ1) is 16.1. The molecule has 1 aromatic carbocycles. The largest absolute Gasteiger partial charge is 0.486 e. The third-order valence-corrected chi connectivity index (χ3v) is 3.41. The van der Waals surface area contributed by atoms with Crippen molar-refractivity contribution in [1.29, 1.82) is 0 Å². The summed E-state index contributed by atoms with van der Waals surface area (Å²) in [7, 11) is 1.72. The third kappa shape index (κ3) is 4.38. The number of nitrogens with one attached hydrogen (secondary N) is 1. The Hall–Kier alpha value is -2.24. The lowest BCUT2D eigenvalue weighted by atomic mass is 10.2. The van der Waals surface area contributed by atoms with E-state index in [9.17, 15) is 9.59 Å². The van der Waals surface area contributed by atoms with E-state index in [1.54, 1.807) is 30.1 Å². The Kier molecular flexibility index (Phi) is 5.63. The van der Waals surface area contributed by atoms with Crippen LogP contribution in [0.3, 0.4) is 0 Å². The topological polar surface area (TPSA) is 67.9 Å². The average molecular weight is 306 g/mol. The lowest BCUT2D eigenvalue weighted by molar-refractivity contribution is -0.133. The van der Waals surface area contributed by atoms with Crippen molar-refractivity contribution in [3.63, 3.8) is 0 Å². The highest BCUT2D eigenvalue weighted by Crippen LogP contribution is 2.32. The fraction of sp³-hybridized carbons (Fsp3) is 0.500. The van der Waals surface area contributed by atoms with Gasteiger partial charge in [0.05, 0.1) is 0 Å². The van der Waals surface area contributed by atoms with Crippen LogP contribution < -0.4 is 14.8 Å². The van der Waals surface area contributed by atoms with Crippen molar-refractivity contribution >= 4 is 17.5 Å². The van der Waals surface area contributed by atoms with Gasteiger partial charge >= 0.3 is 0 Å². The van der Waals surface area contributed by atoms with Crippen LogP contribution in [0.15, 0.2) is 18.2 Å². The number of unbranched alkanes of at least 4 members (excludes halogenated alkanes) is 1. The summed E-state index contributed by atoms with van der Waals surface area (Å²) in [4.78, 5) is 25.4. The van der Waals surface area contributed by atoms with Gasteiger partial charge < -0.3 is 19.7 Å². The molecule has 0 saturated heterocycles. The Morgan fingerprint density at radius 2 is 1.95 bits per heavy atom. The minimum atomic E-state index is -0.329. The Morgan fingerprint density at radius 1 is 1.23 bits per heavy atom. The molecule has 6 heteroatoms. The highest BCUT2D eigenvalue weighted by Gasteiger charge is 2.16. The molecule has 1 heterocycles. The molecule has 0 aromatic heterocycles. The number of benzene rings is 1. The summed E-state index contributed by atoms with van der Waals surface area (Å²) in [5.74, 6) is 0.767. The number of carbonyl (C=O) groups excluding carboxylic acids is 2. The first-order valence-electron chi connectivity index (χ1n) is 7.53. The Morgan fingerprint density at radius 3 is 2.68 bits per heavy atom. The van der Waals surface area contributed by atoms with Crippen LogP contribution in [0.25, 0.3) is 0 Å². The molecule has 0 unspecified atom stereocenters. The smallest absolute Gasteiger partial charge is 0.233 e. The van der Waals surface area contributed by atoms with E-state index in [0.29, 0.717) is 36.9 Å². The summed E-state index contributed by atoms with van der Waals surface area (Å²) in [5.41, 5.74) is 0.596. The summed E-state index contributed by atoms with van der Waals surface area (Å²) in [6.07, 6.45) is 1.79. The number of ether oxygens (including phenoxy) is 2. The van der Waals surface area contributed by atoms with Gasteiger partial charge in [-0.3, -0.25) is 9.59 Å². The van der Waals surface area contributed by atoms with Crippen LogP contribution >= 0.6 is 0 Å². The first-order chi connectivity index (χ1) is 10.6. The number of fused-ring (bicyclic) bond motifs is 1. The quantitative estimate of drug-likeness (QED) is 0.817. The lowest BCUT2D eigenvalue weighted by Crippen LogP contribution is -2.31. The van der Waals surface area contributed by atoms with Crippen LogP contribution in [0.1, 0.15) is 26.2 Å². The van der Waals surface area contributed by atoms with E-state index in [4.69, 9.17) is 9.47 Å². The maximum atomic E-state index is 11.9. The molecule has 1 aliphatic heterocycles. The van der Waals surface area contributed by atoms with E-state index in [2.05, 4.69) is 12.2 Å². The van der Waals surface area contributed by atoms with Gasteiger partial charge in [0.1, 0.15) is 19.6 Å². The molecule has 6 nitrogen and oxygen atoms in total. The molecule has 0 saturated carbocycles. The van der Waals surface area contributed by atoms with Crippen LogP contribution in [0, 0.1) is 0 Å². The molecule has 1 aromatic rings. The number of hydrogen-bond donors (Lipinski definition) is 1. The molecule has 0 fully saturated rings. The van der Waals surface area contributed by atoms with Crippen molar-refractivity contribution in [3.05, 3.63) is 18.2 Å². The van der Waals surface area contributed by atoms with Crippen LogP contribution in [0.2, 0.25) is 0 Å². The predicted octanol–water partition coefficient (Wildman–Crippen LogP) is 2.04. The minimum Gasteiger partial charge on any atom is -0.486 e. The zero-order chi connectivity index (χ0) is 15.9. The van der Waals surface area contributed by atoms with Crippen molar-refractivity contribution in [1.82, 2.24) is 4.90 Å². The van der Waals surface area contributed by atoms with Gasteiger partial charge in [-0.2, -0.15) is 0 Å². The fourth-order valence-electron chi connectivity index (χ4n) is 2.12. The molecule has 0 bridgehead atoms. The van der Waals surface area contributed by atoms with Crippen LogP contribution in [-0.4, -0.2) is 43.5 Å². The number of rotatable bonds is 6. The van der Waals surface area contributed by atoms with Gasteiger partial charge in [0.25, 0.3) is 0 Å². The van der Waals surface area contributed by atoms with Gasteiger partial charge in [-0.15, -0.1) is 0 Å². The summed E-state index contributed by atoms with van der Waals surface area (Å²) in [5, 5.41) is 2.71. The molecule has 0 aliphatic carbocycles. The molecular formula is C16H22N2O4. The number of hydrogen-bond acceptors (Lipinski definition) is 4. The third-order valence-electron chi connectivity index (χ3n) is 3.41. The zero-order valence-electron chi connectivity index (χ0n) is 13.1. The van der Waals surface area contributed by atoms with Gasteiger partial charge in [0.2, 0.25) is 11.8 Å². The molecule has 0 radical (unpaired) electrons. The van der Waals surface area contributed by atoms with E-state index < -0.39 is 0 Å². The number of carbonyl (C=O) groups is 2. The van der Waals surface area contributed by atoms with Gasteiger partial charge in [0, 0.05) is 25.3 Å². The molecule has 0 spiro atoms. The highest BCUT2D eigenvalue weighted by atomic mass is 16.6. The zero-order valence-corrected chi connectivity index (χ0v) is 13.1. The normalized spacial score (nSPS) is 12.6. The molecule has 0 atom stereocenters. The maximum Gasteiger partial charge on any atom is 0.233 e. The summed E-state index contributed by atoms with van der Waals surface area (Å²) >= 11 is 0. The van der Waals surface area contributed by atoms with Crippen molar-refractivity contribution < 1.29 is 19.1 Å². The maximum absolute atomic E-state index is 11.9. The van der Waals surface area contributed by atoms with Gasteiger partial charge in [-0.25, -0.2) is 0 Å². The summed E-state index contributed by atoms with van der Waals surface area (Å²) in [6, 6.07) is 5.19. The van der Waals surface area contributed by atoms with Crippen LogP contribution in [0.5, 0.6) is 11.5 Å². The average Bonchev–Trinajstić information content (AvgIpc) is 2.52. The van der Waals surface area contributed by atoms with Crippen LogP contribution in [0.4, 0.5) is 5.69 Å². The summed E-state index contributed by atoms with van der Waals surface area (Å²) in [6.45, 7) is 3.75. The highest BCUT2D eigenvalue weighted by molar-refractivity contribution is 6.03. The van der Waals surface area contributed by atoms with E-state index in [1.165, 1.54) is 0 Å². The fourth-order valence-corrected chi connectivity index (χ4v) is 2.12. The van der Waals surface area contributed by atoms with E-state index in [-0.39, 0.29) is 18.2 Å². The molecule has 120 valence electrons. The second-order valence-corrected chi connectivity index (χ2v) is 5.25. The van der Waals surface area contributed by atoms with E-state index >= 15 is 0 Å². The van der Waals surface area contributed by atoms with Crippen molar-refractivity contribution in [2.45, 2.75) is 26.2 Å². The van der Waals surface area contributed by atoms with Crippen LogP contribution in [-0.2, 0) is 9.59 Å². The second-order valence-electron chi connectivity index (χ2n) is 5.25. The Bertz CT molecular complexity index is 545. The predicted molar refractivity (Wildman–Crippen MR) is 83.2 cm³/mol. The first-order valence-corrected chi connectivity index (χ1v) is 7.53. The summed E-state index contributed by atoms with van der Waals surface area (Å²) < 4.78 is 10.9. The SMILES string of the molecule is CCCCN(C)C(=O)CC(=O)Nc1ccc2c(c1)OCCO2. The van der Waals surface area contributed by atoms with Gasteiger partial charge in [0.15, 0.2) is 11.5 Å². The van der Waals surface area contributed by atoms with Crippen molar-refractivity contribution in [2.75, 3.05) is 32.1 Å². The molecular weight excluding hydrogens is 284 g/mol. The van der Waals surface area contributed by atoms with E-state index in [1.807, 2.05) is 0 Å². The molecule has 2 amide bonds. The van der Waals surface area contributed by atoms with E-state index in [0.717, 1.165) is 12.8 Å². The number of amides is 2. The minimum absolute atomic E-state index is 0.158. The Balaban J connectivity index is 1.88. The van der Waals surface area contributed by atoms with Crippen molar-refractivity contribution in [3.8, 4) is 11.5 Å². The van der Waals surface area contributed by atoms with Gasteiger partial charge in [-0.05, 0) is 18.6 Å². The second kappa shape index (κ2) is 7.68. The van der Waals surface area contributed by atoms with Gasteiger partial charge in [-0.1, -0.05) is 13.3 Å². The Labute approximate surface area is 130 Å². The number of anilines is 1. The molecule has 1 aliphatic rings. The standard InChI is InChI=1S/C16H22N2O4/c1-3-4-7-18(2)16(20)11-15(19)17-12-5-6-13-14(10-12)22-9-8-21-13/h5-6,10H,3-4,7-9,11H2,1-2H3,(H,17,19). The number of nitrogens with zero attached hydrogens (tertiary/aromatic N) is 1. The van der Waals surface area contributed by atoms with Crippen molar-refractivity contribution in [2.24, 2.45) is 0 Å². The monoisotopic (exact) mass is 306 g/mol. The molecule has 1 N–H and O–H groups in total. The molecule has 22 heavy (non-hydrogen) atoms.